The summed E-state index contributed by atoms with van der Waals surface area (Å²) in [4.78, 5) is 0. The first-order chi connectivity index (χ1) is 9.56. The number of fused-ring (bicyclic) bond motifs is 1. The first kappa shape index (κ1) is 13.3. The van der Waals surface area contributed by atoms with Crippen LogP contribution in [0, 0.1) is 12.7 Å². The van der Waals surface area contributed by atoms with Crippen molar-refractivity contribution in [3.8, 4) is 0 Å². The van der Waals surface area contributed by atoms with Gasteiger partial charge in [-0.05, 0) is 52.2 Å². The average molecular weight is 334 g/mol. The molecule has 0 spiro atoms. The van der Waals surface area contributed by atoms with Crippen LogP contribution in [0.5, 0.6) is 0 Å². The summed E-state index contributed by atoms with van der Waals surface area (Å²) in [5, 5.41) is 1.02. The van der Waals surface area contributed by atoms with E-state index < -0.39 is 6.04 Å². The Balaban J connectivity index is 2.05. The van der Waals surface area contributed by atoms with Crippen molar-refractivity contribution in [3.05, 3.63) is 69.6 Å². The maximum Gasteiger partial charge on any atom is 0.137 e. The second kappa shape index (κ2) is 5.04. The van der Waals surface area contributed by atoms with E-state index in [2.05, 4.69) is 15.9 Å². The van der Waals surface area contributed by atoms with Gasteiger partial charge >= 0.3 is 0 Å². The quantitative estimate of drug-likeness (QED) is 0.738. The highest BCUT2D eigenvalue weighted by Crippen LogP contribution is 2.30. The van der Waals surface area contributed by atoms with Gasteiger partial charge in [0.15, 0.2) is 0 Å². The van der Waals surface area contributed by atoms with Crippen molar-refractivity contribution in [1.29, 1.82) is 0 Å². The van der Waals surface area contributed by atoms with Gasteiger partial charge in [-0.1, -0.05) is 24.3 Å². The number of nitrogens with two attached hydrogens (primary N) is 1. The Bertz CT molecular complexity index is 781. The summed E-state index contributed by atoms with van der Waals surface area (Å²) in [5.74, 6) is 0.370. The van der Waals surface area contributed by atoms with Crippen molar-refractivity contribution < 1.29 is 8.81 Å². The molecule has 0 aliphatic carbocycles. The van der Waals surface area contributed by atoms with Gasteiger partial charge in [-0.25, -0.2) is 4.39 Å². The molecule has 102 valence electrons. The lowest BCUT2D eigenvalue weighted by Crippen LogP contribution is -2.10. The molecular formula is C16H13BrFNO. The minimum atomic E-state index is -0.418. The van der Waals surface area contributed by atoms with Gasteiger partial charge in [0.2, 0.25) is 0 Å². The molecule has 1 unspecified atom stereocenters. The molecule has 0 fully saturated rings. The maximum atomic E-state index is 13.3. The summed E-state index contributed by atoms with van der Waals surface area (Å²) in [7, 11) is 0. The van der Waals surface area contributed by atoms with Crippen LogP contribution in [0.15, 0.2) is 51.4 Å². The fourth-order valence-electron chi connectivity index (χ4n) is 2.25. The highest BCUT2D eigenvalue weighted by atomic mass is 79.9. The highest BCUT2D eigenvalue weighted by Gasteiger charge is 2.16. The summed E-state index contributed by atoms with van der Waals surface area (Å²) < 4.78 is 19.5. The number of aryl methyl sites for hydroxylation is 1. The van der Waals surface area contributed by atoms with E-state index in [1.54, 1.807) is 12.1 Å². The number of para-hydroxylation sites is 1. The molecule has 0 aliphatic heterocycles. The standard InChI is InChI=1S/C16H13BrFNO/c1-9-3-2-4-11-8-14(20-16(9)11)15(19)10-5-6-13(18)12(17)7-10/h2-8,15H,19H2,1H3. The third-order valence-corrected chi connectivity index (χ3v) is 3.98. The summed E-state index contributed by atoms with van der Waals surface area (Å²) in [6, 6.07) is 12.2. The van der Waals surface area contributed by atoms with E-state index in [0.29, 0.717) is 10.2 Å². The van der Waals surface area contributed by atoms with E-state index in [0.717, 1.165) is 22.1 Å². The van der Waals surface area contributed by atoms with E-state index >= 15 is 0 Å². The molecule has 1 heterocycles. The van der Waals surface area contributed by atoms with Gasteiger partial charge in [-0.15, -0.1) is 0 Å². The van der Waals surface area contributed by atoms with E-state index in [1.165, 1.54) is 6.07 Å². The molecule has 1 atom stereocenters. The first-order valence-electron chi connectivity index (χ1n) is 6.26. The number of furan rings is 1. The second-order valence-electron chi connectivity index (χ2n) is 4.79. The van der Waals surface area contributed by atoms with Gasteiger partial charge in [0.1, 0.15) is 17.2 Å². The Morgan fingerprint density at radius 3 is 2.70 bits per heavy atom. The average Bonchev–Trinajstić information content (AvgIpc) is 2.86. The number of hydrogen-bond donors (Lipinski definition) is 1. The molecule has 3 aromatic rings. The van der Waals surface area contributed by atoms with Crippen molar-refractivity contribution in [2.24, 2.45) is 5.73 Å². The van der Waals surface area contributed by atoms with Crippen LogP contribution in [-0.2, 0) is 0 Å². The van der Waals surface area contributed by atoms with E-state index in [1.807, 2.05) is 31.2 Å². The minimum absolute atomic E-state index is 0.304. The predicted molar refractivity (Wildman–Crippen MR) is 81.1 cm³/mol. The van der Waals surface area contributed by atoms with Gasteiger partial charge in [0, 0.05) is 5.39 Å². The van der Waals surface area contributed by atoms with E-state index in [9.17, 15) is 4.39 Å². The molecule has 2 nitrogen and oxygen atoms in total. The maximum absolute atomic E-state index is 13.3. The molecule has 3 rings (SSSR count). The molecule has 1 aromatic heterocycles. The van der Waals surface area contributed by atoms with Crippen molar-refractivity contribution in [2.75, 3.05) is 0 Å². The lowest BCUT2D eigenvalue weighted by molar-refractivity contribution is 0.522. The van der Waals surface area contributed by atoms with Crippen molar-refractivity contribution in [3.63, 3.8) is 0 Å². The van der Waals surface area contributed by atoms with Crippen LogP contribution in [-0.4, -0.2) is 0 Å². The molecule has 0 radical (unpaired) electrons. The molecular weight excluding hydrogens is 321 g/mol. The minimum Gasteiger partial charge on any atom is -0.459 e. The predicted octanol–water partition coefficient (Wildman–Crippen LogP) is 4.69. The molecule has 0 bridgehead atoms. The Hall–Kier alpha value is -1.65. The largest absolute Gasteiger partial charge is 0.459 e. The molecule has 2 aromatic carbocycles. The van der Waals surface area contributed by atoms with Crippen molar-refractivity contribution in [1.82, 2.24) is 0 Å². The number of halogens is 2. The summed E-state index contributed by atoms with van der Waals surface area (Å²) >= 11 is 3.17. The van der Waals surface area contributed by atoms with Gasteiger partial charge in [0.25, 0.3) is 0 Å². The van der Waals surface area contributed by atoms with Crippen LogP contribution >= 0.6 is 15.9 Å². The summed E-state index contributed by atoms with van der Waals surface area (Å²) in [6.07, 6.45) is 0. The van der Waals surface area contributed by atoms with E-state index in [4.69, 9.17) is 10.2 Å². The number of rotatable bonds is 2. The van der Waals surface area contributed by atoms with Crippen LogP contribution in [0.25, 0.3) is 11.0 Å². The zero-order valence-corrected chi connectivity index (χ0v) is 12.4. The highest BCUT2D eigenvalue weighted by molar-refractivity contribution is 9.10. The van der Waals surface area contributed by atoms with Gasteiger partial charge in [0.05, 0.1) is 10.5 Å². The number of benzene rings is 2. The first-order valence-corrected chi connectivity index (χ1v) is 7.05. The Kier molecular flexibility index (Phi) is 3.36. The molecule has 0 amide bonds. The molecule has 4 heteroatoms. The smallest absolute Gasteiger partial charge is 0.137 e. The van der Waals surface area contributed by atoms with Crippen LogP contribution in [0.1, 0.15) is 22.9 Å². The Morgan fingerprint density at radius 2 is 2.00 bits per heavy atom. The third-order valence-electron chi connectivity index (χ3n) is 3.37. The van der Waals surface area contributed by atoms with Crippen LogP contribution in [0.4, 0.5) is 4.39 Å². The molecule has 0 aliphatic rings. The zero-order chi connectivity index (χ0) is 14.3. The molecule has 0 saturated carbocycles. The van der Waals surface area contributed by atoms with Crippen molar-refractivity contribution >= 4 is 26.9 Å². The monoisotopic (exact) mass is 333 g/mol. The fraction of sp³-hybridized carbons (Fsp3) is 0.125. The van der Waals surface area contributed by atoms with Gasteiger partial charge in [-0.2, -0.15) is 0 Å². The second-order valence-corrected chi connectivity index (χ2v) is 5.65. The zero-order valence-electron chi connectivity index (χ0n) is 10.9. The third kappa shape index (κ3) is 2.25. The SMILES string of the molecule is Cc1cccc2cc(C(N)c3ccc(F)c(Br)c3)oc12. The van der Waals surface area contributed by atoms with Gasteiger partial charge in [-0.3, -0.25) is 0 Å². The van der Waals surface area contributed by atoms with Crippen LogP contribution in [0.3, 0.4) is 0 Å². The number of hydrogen-bond acceptors (Lipinski definition) is 2. The summed E-state index contributed by atoms with van der Waals surface area (Å²) in [6.45, 7) is 2.00. The Morgan fingerprint density at radius 1 is 1.20 bits per heavy atom. The molecule has 20 heavy (non-hydrogen) atoms. The van der Waals surface area contributed by atoms with Crippen molar-refractivity contribution in [2.45, 2.75) is 13.0 Å². The molecule has 0 saturated heterocycles. The topological polar surface area (TPSA) is 39.2 Å². The van der Waals surface area contributed by atoms with Crippen LogP contribution in [0.2, 0.25) is 0 Å². The van der Waals surface area contributed by atoms with E-state index in [-0.39, 0.29) is 5.82 Å². The normalized spacial score (nSPS) is 12.8. The fourth-order valence-corrected chi connectivity index (χ4v) is 2.65. The molecule has 2 N–H and O–H groups in total. The lowest BCUT2D eigenvalue weighted by atomic mass is 10.1. The lowest BCUT2D eigenvalue weighted by Gasteiger charge is -2.09. The van der Waals surface area contributed by atoms with Crippen LogP contribution < -0.4 is 5.73 Å². The van der Waals surface area contributed by atoms with Gasteiger partial charge < -0.3 is 10.2 Å². The Labute approximate surface area is 124 Å². The summed E-state index contributed by atoms with van der Waals surface area (Å²) in [5.41, 5.74) is 8.93.